The molecule has 0 aromatic rings. The first-order valence-corrected chi connectivity index (χ1v) is 44.8. The average Bonchev–Trinajstić information content (AvgIpc) is 0.871. The first kappa shape index (κ1) is 106. The number of esters is 2. The fourth-order valence-electron chi connectivity index (χ4n) is 11.8. The first-order valence-electron chi connectivity index (χ1n) is 43.3. The Morgan fingerprint density at radius 1 is 0.420 bits per heavy atom. The fraction of sp³-hybridized carbons (Fsp3) is 0.816. The Hall–Kier alpha value is -4.05. The molecular weight excluding hydrogens is 1460 g/mol. The third-order valence-electron chi connectivity index (χ3n) is 18.4. The number of phosphoric acid groups is 1. The third-order valence-corrected chi connectivity index (χ3v) is 19.4. The van der Waals surface area contributed by atoms with E-state index < -0.39 is 32.5 Å². The number of amides is 2. The summed E-state index contributed by atoms with van der Waals surface area (Å²) >= 11 is 0. The summed E-state index contributed by atoms with van der Waals surface area (Å²) in [6, 6.07) is 0. The van der Waals surface area contributed by atoms with Crippen LogP contribution in [0, 0.1) is 0 Å². The van der Waals surface area contributed by atoms with Crippen molar-refractivity contribution in [2.45, 2.75) is 272 Å². The number of rotatable bonds is 86. The van der Waals surface area contributed by atoms with Gasteiger partial charge in [0.15, 0.2) is 6.10 Å². The van der Waals surface area contributed by atoms with E-state index in [-0.39, 0.29) is 64.0 Å². The van der Waals surface area contributed by atoms with Gasteiger partial charge in [-0.25, -0.2) is 4.57 Å². The monoisotopic (exact) mass is 1610 g/mol. The average molecular weight is 1610 g/mol. The number of phosphoric ester groups is 1. The lowest BCUT2D eigenvalue weighted by Gasteiger charge is -2.20. The van der Waals surface area contributed by atoms with Crippen molar-refractivity contribution < 1.29 is 104 Å². The summed E-state index contributed by atoms with van der Waals surface area (Å²) in [7, 11) is -4.63. The van der Waals surface area contributed by atoms with Crippen molar-refractivity contribution >= 4 is 31.6 Å². The third kappa shape index (κ3) is 76.0. The fourth-order valence-corrected chi connectivity index (χ4v) is 12.6. The van der Waals surface area contributed by atoms with Gasteiger partial charge in [0.2, 0.25) is 11.8 Å². The highest BCUT2D eigenvalue weighted by Crippen LogP contribution is 2.43. The second-order valence-corrected chi connectivity index (χ2v) is 30.1. The van der Waals surface area contributed by atoms with Crippen LogP contribution in [-0.4, -0.2) is 226 Å². The quantitative estimate of drug-likeness (QED) is 0.0168. The zero-order chi connectivity index (χ0) is 81.2. The molecule has 2 amide bonds. The summed E-state index contributed by atoms with van der Waals surface area (Å²) < 4.78 is 101. The minimum absolute atomic E-state index is 0.0596. The van der Waals surface area contributed by atoms with Gasteiger partial charge in [0, 0.05) is 38.4 Å². The molecule has 1 unspecified atom stereocenters. The molecule has 112 heavy (non-hydrogen) atoms. The van der Waals surface area contributed by atoms with E-state index in [9.17, 15) is 28.6 Å². The van der Waals surface area contributed by atoms with E-state index in [0.29, 0.717) is 165 Å². The summed E-state index contributed by atoms with van der Waals surface area (Å²) in [6.45, 7) is 23.9. The van der Waals surface area contributed by atoms with Crippen LogP contribution < -0.4 is 10.6 Å². The molecule has 0 aromatic carbocycles. The highest BCUT2D eigenvalue weighted by molar-refractivity contribution is 7.47. The lowest BCUT2D eigenvalue weighted by molar-refractivity contribution is -0.161. The predicted octanol–water partition coefficient (Wildman–Crippen LogP) is 17.0. The van der Waals surface area contributed by atoms with Crippen molar-refractivity contribution in [1.82, 2.24) is 10.6 Å². The largest absolute Gasteiger partial charge is 0.472 e. The lowest BCUT2D eigenvalue weighted by Crippen LogP contribution is -2.30. The number of nitrogens with one attached hydrogen (secondary N) is 2. The minimum Gasteiger partial charge on any atom is -0.462 e. The second kappa shape index (κ2) is 82.1. The zero-order valence-corrected chi connectivity index (χ0v) is 71.6. The molecule has 0 saturated carbocycles. The molecule has 1 aliphatic carbocycles. The number of allylic oxidation sites excluding steroid dienone is 10. The molecule has 0 bridgehead atoms. The molecule has 24 nitrogen and oxygen atoms in total. The molecule has 0 aromatic heterocycles. The van der Waals surface area contributed by atoms with Crippen molar-refractivity contribution in [3.8, 4) is 0 Å². The van der Waals surface area contributed by atoms with Gasteiger partial charge in [0.1, 0.15) is 6.61 Å². The van der Waals surface area contributed by atoms with E-state index in [1.807, 2.05) is 25.2 Å². The van der Waals surface area contributed by atoms with Gasteiger partial charge in [-0.2, -0.15) is 0 Å². The summed E-state index contributed by atoms with van der Waals surface area (Å²) in [5, 5.41) is 5.46. The zero-order valence-electron chi connectivity index (χ0n) is 70.7. The maximum atomic E-state index is 12.9. The van der Waals surface area contributed by atoms with Crippen LogP contribution in [0.3, 0.4) is 0 Å². The highest BCUT2D eigenvalue weighted by atomic mass is 31.2. The Balaban J connectivity index is 2.00. The molecule has 2 atom stereocenters. The maximum absolute atomic E-state index is 12.9. The van der Waals surface area contributed by atoms with Gasteiger partial charge in [-0.3, -0.25) is 28.2 Å². The Kier molecular flexibility index (Phi) is 77.6. The van der Waals surface area contributed by atoms with E-state index >= 15 is 0 Å². The highest BCUT2D eigenvalue weighted by Gasteiger charge is 2.26. The summed E-state index contributed by atoms with van der Waals surface area (Å²) in [5.74, 6) is -1.41. The smallest absolute Gasteiger partial charge is 0.462 e. The van der Waals surface area contributed by atoms with Gasteiger partial charge in [0.05, 0.1) is 172 Å². The molecule has 1 rings (SSSR count). The van der Waals surface area contributed by atoms with Crippen LogP contribution in [0.1, 0.15) is 266 Å². The van der Waals surface area contributed by atoms with Crippen molar-refractivity contribution in [2.24, 2.45) is 0 Å². The van der Waals surface area contributed by atoms with Crippen LogP contribution in [0.25, 0.3) is 0 Å². The second-order valence-electron chi connectivity index (χ2n) is 28.7. The van der Waals surface area contributed by atoms with Gasteiger partial charge < -0.3 is 81.8 Å². The SMILES string of the molecule is C=C1CCCC(C)=C1/C=C/C(C)=C/C=C/C(C)=C/C(=O)NCCOCCOCCOCCOCCOCCOCCOCCOCCOCCOCCOCCOCCC(=O)NCCOP(=O)(O)OC[C@@H](COC(=O)CCCCCCCCCCCCCCCCC)OC(=O)CCCCCCCCCCCCCCCCC. The summed E-state index contributed by atoms with van der Waals surface area (Å²) in [5.41, 5.74) is 5.86. The Labute approximate surface area is 677 Å². The standard InChI is InChI=1S/C87H157N2O22P/c1-7-9-11-13-15-17-19-21-23-25-27-29-31-33-35-43-86(92)108-76-82(111-87(93)44-36-34-32-30-28-26-24-22-20-18-16-14-12-10-8-2)77-110-112(94,95)109-52-49-88-84(90)47-50-96-53-55-98-57-59-100-61-63-102-65-67-104-69-71-106-73-74-107-72-70-105-68-66-103-64-62-101-60-58-99-56-54-97-51-48-89-85(91)75-79(4)40-37-39-78(3)45-46-83-80(5)41-38-42-81(83)6/h37,39-40,45-46,75,82H,5,7-36,38,41-44,47-74,76-77H2,1-4,6H3,(H,88,90)(H,89,91)(H,94,95)/b40-37+,46-45+,78-39+,79-75+/t82-/m1/s1. The molecule has 0 spiro atoms. The van der Waals surface area contributed by atoms with Crippen molar-refractivity contribution in [2.75, 3.05) is 191 Å². The van der Waals surface area contributed by atoms with Crippen LogP contribution in [-0.2, 0) is 99.1 Å². The Morgan fingerprint density at radius 2 is 0.777 bits per heavy atom. The van der Waals surface area contributed by atoms with Crippen molar-refractivity contribution in [1.29, 1.82) is 0 Å². The molecule has 0 radical (unpaired) electrons. The number of carbonyl (C=O) groups excluding carboxylic acids is 4. The topological polar surface area (TPSA) is 277 Å². The molecule has 3 N–H and O–H groups in total. The molecule has 0 aliphatic heterocycles. The molecule has 652 valence electrons. The van der Waals surface area contributed by atoms with Crippen LogP contribution in [0.5, 0.6) is 0 Å². The van der Waals surface area contributed by atoms with Crippen LogP contribution in [0.15, 0.2) is 70.9 Å². The Bertz CT molecular complexity index is 2440. The molecule has 0 fully saturated rings. The molecular formula is C87H157N2O22P. The molecule has 0 saturated heterocycles. The van der Waals surface area contributed by atoms with E-state index in [4.69, 9.17) is 75.4 Å². The van der Waals surface area contributed by atoms with Gasteiger partial charge in [-0.05, 0) is 69.6 Å². The van der Waals surface area contributed by atoms with Crippen LogP contribution in [0.4, 0.5) is 0 Å². The molecule has 0 heterocycles. The van der Waals surface area contributed by atoms with Crippen molar-refractivity contribution in [3.05, 3.63) is 70.9 Å². The van der Waals surface area contributed by atoms with Crippen molar-refractivity contribution in [3.63, 3.8) is 0 Å². The first-order chi connectivity index (χ1) is 54.8. The Morgan fingerprint density at radius 3 is 1.17 bits per heavy atom. The number of ether oxygens (including phenoxy) is 14. The van der Waals surface area contributed by atoms with E-state index in [1.165, 1.54) is 164 Å². The number of unbranched alkanes of at least 4 members (excludes halogenated alkanes) is 28. The van der Waals surface area contributed by atoms with E-state index in [1.54, 1.807) is 6.08 Å². The minimum atomic E-state index is -4.63. The number of hydrogen-bond donors (Lipinski definition) is 3. The number of hydrogen-bond acceptors (Lipinski definition) is 21. The van der Waals surface area contributed by atoms with E-state index in [0.717, 1.165) is 62.5 Å². The normalized spacial score (nSPS) is 13.8. The van der Waals surface area contributed by atoms with Gasteiger partial charge in [-0.15, -0.1) is 0 Å². The maximum Gasteiger partial charge on any atom is 0.472 e. The van der Waals surface area contributed by atoms with E-state index in [2.05, 4.69) is 57.1 Å². The van der Waals surface area contributed by atoms with Gasteiger partial charge in [0.25, 0.3) is 0 Å². The molecule has 25 heteroatoms. The van der Waals surface area contributed by atoms with Gasteiger partial charge >= 0.3 is 19.8 Å². The van der Waals surface area contributed by atoms with Crippen LogP contribution >= 0.6 is 7.82 Å². The lowest BCUT2D eigenvalue weighted by atomic mass is 9.88. The predicted molar refractivity (Wildman–Crippen MR) is 444 cm³/mol. The number of carbonyl (C=O) groups is 4. The van der Waals surface area contributed by atoms with Gasteiger partial charge in [-0.1, -0.05) is 242 Å². The van der Waals surface area contributed by atoms with Crippen LogP contribution in [0.2, 0.25) is 0 Å². The summed E-state index contributed by atoms with van der Waals surface area (Å²) in [6.07, 6.45) is 50.9. The summed E-state index contributed by atoms with van der Waals surface area (Å²) in [4.78, 5) is 60.8. The molecule has 1 aliphatic rings.